The molecule has 19 heavy (non-hydrogen) atoms. The average Bonchev–Trinajstić information content (AvgIpc) is 3.18. The fourth-order valence-electron chi connectivity index (χ4n) is 2.18. The molecule has 1 aromatic heterocycles. The number of nitrogens with two attached hydrogens (primary N) is 1. The van der Waals surface area contributed by atoms with E-state index in [0.717, 1.165) is 17.3 Å². The van der Waals surface area contributed by atoms with Crippen LogP contribution in [0.15, 0.2) is 27.6 Å². The smallest absolute Gasteiger partial charge is 0.251 e. The summed E-state index contributed by atoms with van der Waals surface area (Å²) in [6.07, 6.45) is 3.81. The van der Waals surface area contributed by atoms with Gasteiger partial charge in [0.2, 0.25) is 5.91 Å². The molecule has 1 saturated carbocycles. The van der Waals surface area contributed by atoms with Crippen LogP contribution in [0.5, 0.6) is 0 Å². The maximum atomic E-state index is 12.0. The lowest BCUT2D eigenvalue weighted by Gasteiger charge is -2.29. The topological polar surface area (TPSA) is 77.1 Å². The van der Waals surface area contributed by atoms with Crippen molar-refractivity contribution >= 4 is 21.8 Å². The molecule has 1 atom stereocenters. The van der Waals surface area contributed by atoms with Crippen molar-refractivity contribution < 1.29 is 4.79 Å². The Morgan fingerprint density at radius 2 is 2.26 bits per heavy atom. The second-order valence-corrected chi connectivity index (χ2v) is 6.17. The van der Waals surface area contributed by atoms with Crippen molar-refractivity contribution in [2.75, 3.05) is 6.54 Å². The summed E-state index contributed by atoms with van der Waals surface area (Å²) in [5.74, 6) is 0.278. The maximum absolute atomic E-state index is 12.0. The maximum Gasteiger partial charge on any atom is 0.251 e. The van der Waals surface area contributed by atoms with Gasteiger partial charge in [-0.05, 0) is 47.7 Å². The highest BCUT2D eigenvalue weighted by molar-refractivity contribution is 9.10. The average molecular weight is 328 g/mol. The molecule has 1 amide bonds. The van der Waals surface area contributed by atoms with Crippen molar-refractivity contribution in [3.05, 3.63) is 33.2 Å². The number of pyridine rings is 1. The van der Waals surface area contributed by atoms with Crippen LogP contribution in [-0.2, 0) is 11.3 Å². The van der Waals surface area contributed by atoms with Crippen LogP contribution in [0, 0.1) is 5.92 Å². The first-order chi connectivity index (χ1) is 8.94. The van der Waals surface area contributed by atoms with Gasteiger partial charge in [0.25, 0.3) is 5.56 Å². The molecule has 0 aromatic carbocycles. The van der Waals surface area contributed by atoms with Crippen molar-refractivity contribution in [3.8, 4) is 0 Å². The van der Waals surface area contributed by atoms with Gasteiger partial charge in [-0.3, -0.25) is 9.59 Å². The molecule has 0 aliphatic heterocycles. The lowest BCUT2D eigenvalue weighted by Crippen LogP contribution is -2.54. The monoisotopic (exact) mass is 327 g/mol. The Kier molecular flexibility index (Phi) is 4.10. The SMILES string of the molecule is CC(CN)(NC(=O)Cn1cc(Br)ccc1=O)C1CC1. The second-order valence-electron chi connectivity index (χ2n) is 5.26. The van der Waals surface area contributed by atoms with Crippen LogP contribution < -0.4 is 16.6 Å². The minimum absolute atomic E-state index is 0.0145. The van der Waals surface area contributed by atoms with Gasteiger partial charge in [-0.1, -0.05) is 0 Å². The molecule has 0 saturated heterocycles. The number of hydrogen-bond donors (Lipinski definition) is 2. The molecular weight excluding hydrogens is 310 g/mol. The number of nitrogens with zero attached hydrogens (tertiary/aromatic N) is 1. The molecule has 5 nitrogen and oxygen atoms in total. The van der Waals surface area contributed by atoms with Gasteiger partial charge < -0.3 is 15.6 Å². The van der Waals surface area contributed by atoms with Crippen LogP contribution in [0.4, 0.5) is 0 Å². The van der Waals surface area contributed by atoms with Gasteiger partial charge in [-0.25, -0.2) is 0 Å². The van der Waals surface area contributed by atoms with Gasteiger partial charge in [0, 0.05) is 23.3 Å². The van der Waals surface area contributed by atoms with Crippen molar-refractivity contribution in [1.29, 1.82) is 0 Å². The molecule has 1 aromatic rings. The van der Waals surface area contributed by atoms with E-state index in [-0.39, 0.29) is 23.6 Å². The summed E-state index contributed by atoms with van der Waals surface area (Å²) in [4.78, 5) is 23.7. The molecule has 1 heterocycles. The second kappa shape index (κ2) is 5.46. The third kappa shape index (κ3) is 3.45. The number of amides is 1. The Labute approximate surface area is 120 Å². The van der Waals surface area contributed by atoms with E-state index in [0.29, 0.717) is 12.5 Å². The van der Waals surface area contributed by atoms with Gasteiger partial charge in [0.1, 0.15) is 6.54 Å². The van der Waals surface area contributed by atoms with Crippen LogP contribution in [0.3, 0.4) is 0 Å². The zero-order valence-electron chi connectivity index (χ0n) is 10.9. The first-order valence-corrected chi connectivity index (χ1v) is 7.11. The summed E-state index contributed by atoms with van der Waals surface area (Å²) in [6.45, 7) is 2.39. The van der Waals surface area contributed by atoms with Crippen LogP contribution in [0.2, 0.25) is 0 Å². The number of nitrogens with one attached hydrogen (secondary N) is 1. The number of hydrogen-bond acceptors (Lipinski definition) is 3. The summed E-state index contributed by atoms with van der Waals surface area (Å²) >= 11 is 3.28. The van der Waals surface area contributed by atoms with E-state index in [1.54, 1.807) is 12.3 Å². The minimum Gasteiger partial charge on any atom is -0.348 e. The van der Waals surface area contributed by atoms with E-state index < -0.39 is 0 Å². The van der Waals surface area contributed by atoms with Crippen molar-refractivity contribution in [2.45, 2.75) is 31.8 Å². The van der Waals surface area contributed by atoms with Crippen molar-refractivity contribution in [1.82, 2.24) is 9.88 Å². The zero-order chi connectivity index (χ0) is 14.0. The molecule has 0 bridgehead atoms. The molecular formula is C13H18BrN3O2. The minimum atomic E-state index is -0.354. The van der Waals surface area contributed by atoms with Crippen LogP contribution in [-0.4, -0.2) is 22.6 Å². The lowest BCUT2D eigenvalue weighted by molar-refractivity contribution is -0.123. The third-order valence-corrected chi connectivity index (χ3v) is 4.06. The molecule has 3 N–H and O–H groups in total. The number of carbonyl (C=O) groups is 1. The number of aromatic nitrogens is 1. The van der Waals surface area contributed by atoms with E-state index in [1.165, 1.54) is 10.6 Å². The van der Waals surface area contributed by atoms with E-state index in [1.807, 2.05) is 6.92 Å². The van der Waals surface area contributed by atoms with Gasteiger partial charge in [0.15, 0.2) is 0 Å². The lowest BCUT2D eigenvalue weighted by atomic mass is 9.96. The van der Waals surface area contributed by atoms with Crippen LogP contribution in [0.25, 0.3) is 0 Å². The van der Waals surface area contributed by atoms with Crippen LogP contribution in [0.1, 0.15) is 19.8 Å². The molecule has 0 radical (unpaired) electrons. The van der Waals surface area contributed by atoms with E-state index >= 15 is 0 Å². The van der Waals surface area contributed by atoms with Crippen LogP contribution >= 0.6 is 15.9 Å². The Hall–Kier alpha value is -1.14. The number of carbonyl (C=O) groups excluding carboxylic acids is 1. The first kappa shape index (κ1) is 14.3. The molecule has 1 fully saturated rings. The fourth-order valence-corrected chi connectivity index (χ4v) is 2.56. The fraction of sp³-hybridized carbons (Fsp3) is 0.538. The van der Waals surface area contributed by atoms with Crippen molar-refractivity contribution in [2.24, 2.45) is 11.7 Å². The molecule has 1 unspecified atom stereocenters. The molecule has 2 rings (SSSR count). The summed E-state index contributed by atoms with van der Waals surface area (Å²) in [5.41, 5.74) is 5.20. The van der Waals surface area contributed by atoms with E-state index in [2.05, 4.69) is 21.2 Å². The Balaban J connectivity index is 2.05. The third-order valence-electron chi connectivity index (χ3n) is 3.59. The van der Waals surface area contributed by atoms with Gasteiger partial charge in [-0.15, -0.1) is 0 Å². The van der Waals surface area contributed by atoms with E-state index in [9.17, 15) is 9.59 Å². The quantitative estimate of drug-likeness (QED) is 0.841. The molecule has 104 valence electrons. The Morgan fingerprint density at radius 1 is 1.58 bits per heavy atom. The number of rotatable bonds is 5. The zero-order valence-corrected chi connectivity index (χ0v) is 12.4. The normalized spacial score (nSPS) is 17.8. The highest BCUT2D eigenvalue weighted by Gasteiger charge is 2.41. The predicted molar refractivity (Wildman–Crippen MR) is 76.7 cm³/mol. The highest BCUT2D eigenvalue weighted by Crippen LogP contribution is 2.38. The summed E-state index contributed by atoms with van der Waals surface area (Å²) in [7, 11) is 0. The van der Waals surface area contributed by atoms with Crippen molar-refractivity contribution in [3.63, 3.8) is 0 Å². The van der Waals surface area contributed by atoms with E-state index in [4.69, 9.17) is 5.73 Å². The number of halogens is 1. The standard InChI is InChI=1S/C13H18BrN3O2/c1-13(8-15,9-2-3-9)16-11(18)7-17-6-10(14)4-5-12(17)19/h4-6,9H,2-3,7-8,15H2,1H3,(H,16,18). The summed E-state index contributed by atoms with van der Waals surface area (Å²) in [6, 6.07) is 3.09. The van der Waals surface area contributed by atoms with Gasteiger partial charge in [0.05, 0.1) is 5.54 Å². The Bertz CT molecular complexity index is 539. The molecule has 1 aliphatic rings. The molecule has 0 spiro atoms. The summed E-state index contributed by atoms with van der Waals surface area (Å²) in [5, 5.41) is 2.96. The highest BCUT2D eigenvalue weighted by atomic mass is 79.9. The van der Waals surface area contributed by atoms with Gasteiger partial charge >= 0.3 is 0 Å². The predicted octanol–water partition coefficient (Wildman–Crippen LogP) is 0.854. The Morgan fingerprint density at radius 3 is 2.84 bits per heavy atom. The van der Waals surface area contributed by atoms with Gasteiger partial charge in [-0.2, -0.15) is 0 Å². The molecule has 1 aliphatic carbocycles. The molecule has 6 heteroatoms. The largest absolute Gasteiger partial charge is 0.348 e. The summed E-state index contributed by atoms with van der Waals surface area (Å²) < 4.78 is 2.15. The first-order valence-electron chi connectivity index (χ1n) is 6.32.